The highest BCUT2D eigenvalue weighted by atomic mass is 35.5. The van der Waals surface area contributed by atoms with E-state index in [0.29, 0.717) is 11.0 Å². The maximum atomic E-state index is 5.82. The van der Waals surface area contributed by atoms with Gasteiger partial charge in [-0.2, -0.15) is 0 Å². The lowest BCUT2D eigenvalue weighted by molar-refractivity contribution is 1.08. The van der Waals surface area contributed by atoms with E-state index in [0.717, 1.165) is 17.5 Å². The second kappa shape index (κ2) is 4.36. The molecule has 3 nitrogen and oxygen atoms in total. The third kappa shape index (κ3) is 2.13. The van der Waals surface area contributed by atoms with Gasteiger partial charge in [0.05, 0.1) is 0 Å². The SMILES string of the molecule is CCc1cnccc1-c1nccc(Cl)n1. The van der Waals surface area contributed by atoms with Crippen LogP contribution in [-0.2, 0) is 6.42 Å². The van der Waals surface area contributed by atoms with Crippen molar-refractivity contribution < 1.29 is 0 Å². The van der Waals surface area contributed by atoms with Crippen LogP contribution in [0.2, 0.25) is 5.15 Å². The maximum Gasteiger partial charge on any atom is 0.161 e. The van der Waals surface area contributed by atoms with Gasteiger partial charge in [-0.25, -0.2) is 9.97 Å². The Bertz CT molecular complexity index is 471. The van der Waals surface area contributed by atoms with Crippen molar-refractivity contribution in [3.05, 3.63) is 41.4 Å². The highest BCUT2D eigenvalue weighted by Crippen LogP contribution is 2.20. The van der Waals surface area contributed by atoms with Crippen molar-refractivity contribution in [3.63, 3.8) is 0 Å². The first-order valence-electron chi connectivity index (χ1n) is 4.73. The molecule has 4 heteroatoms. The van der Waals surface area contributed by atoms with Gasteiger partial charge in [-0.15, -0.1) is 0 Å². The molecule has 0 bridgehead atoms. The molecule has 0 radical (unpaired) electrons. The molecular formula is C11H10ClN3. The van der Waals surface area contributed by atoms with E-state index in [-0.39, 0.29) is 0 Å². The van der Waals surface area contributed by atoms with E-state index < -0.39 is 0 Å². The van der Waals surface area contributed by atoms with Crippen LogP contribution in [0.4, 0.5) is 0 Å². The number of hydrogen-bond acceptors (Lipinski definition) is 3. The smallest absolute Gasteiger partial charge is 0.161 e. The Morgan fingerprint density at radius 1 is 1.27 bits per heavy atom. The Morgan fingerprint density at radius 2 is 2.13 bits per heavy atom. The number of rotatable bonds is 2. The minimum Gasteiger partial charge on any atom is -0.264 e. The van der Waals surface area contributed by atoms with E-state index in [1.165, 1.54) is 0 Å². The Morgan fingerprint density at radius 3 is 2.87 bits per heavy atom. The van der Waals surface area contributed by atoms with Crippen LogP contribution in [0.1, 0.15) is 12.5 Å². The van der Waals surface area contributed by atoms with Crippen LogP contribution in [-0.4, -0.2) is 15.0 Å². The van der Waals surface area contributed by atoms with Crippen LogP contribution >= 0.6 is 11.6 Å². The average Bonchev–Trinajstić information content (AvgIpc) is 2.29. The monoisotopic (exact) mass is 219 g/mol. The van der Waals surface area contributed by atoms with Crippen molar-refractivity contribution in [2.24, 2.45) is 0 Å². The van der Waals surface area contributed by atoms with Crippen molar-refractivity contribution >= 4 is 11.6 Å². The fourth-order valence-corrected chi connectivity index (χ4v) is 1.53. The van der Waals surface area contributed by atoms with Crippen molar-refractivity contribution in [2.45, 2.75) is 13.3 Å². The molecule has 0 N–H and O–H groups in total. The Balaban J connectivity index is 2.53. The van der Waals surface area contributed by atoms with Gasteiger partial charge in [0.1, 0.15) is 5.15 Å². The van der Waals surface area contributed by atoms with Crippen LogP contribution in [0, 0.1) is 0 Å². The van der Waals surface area contributed by atoms with Crippen LogP contribution in [0.15, 0.2) is 30.7 Å². The van der Waals surface area contributed by atoms with Crippen LogP contribution in [0.25, 0.3) is 11.4 Å². The third-order valence-electron chi connectivity index (χ3n) is 2.15. The van der Waals surface area contributed by atoms with E-state index in [2.05, 4.69) is 21.9 Å². The van der Waals surface area contributed by atoms with Crippen LogP contribution in [0.5, 0.6) is 0 Å². The molecule has 0 amide bonds. The lowest BCUT2D eigenvalue weighted by atomic mass is 10.1. The summed E-state index contributed by atoms with van der Waals surface area (Å²) in [5.74, 6) is 0.654. The minimum absolute atomic E-state index is 0.457. The summed E-state index contributed by atoms with van der Waals surface area (Å²) in [4.78, 5) is 12.4. The van der Waals surface area contributed by atoms with E-state index in [4.69, 9.17) is 11.6 Å². The number of hydrogen-bond donors (Lipinski definition) is 0. The van der Waals surface area contributed by atoms with E-state index in [1.807, 2.05) is 12.3 Å². The zero-order valence-corrected chi connectivity index (χ0v) is 9.07. The van der Waals surface area contributed by atoms with Gasteiger partial charge in [-0.3, -0.25) is 4.98 Å². The molecule has 0 aliphatic carbocycles. The standard InChI is InChI=1S/C11H10ClN3/c1-2-8-7-13-5-3-9(8)11-14-6-4-10(12)15-11/h3-7H,2H2,1H3. The number of aromatic nitrogens is 3. The van der Waals surface area contributed by atoms with Gasteiger partial charge in [-0.1, -0.05) is 18.5 Å². The van der Waals surface area contributed by atoms with Crippen LogP contribution < -0.4 is 0 Å². The molecule has 2 heterocycles. The van der Waals surface area contributed by atoms with Gasteiger partial charge in [0.2, 0.25) is 0 Å². The van der Waals surface area contributed by atoms with Gasteiger partial charge in [0, 0.05) is 24.2 Å². The van der Waals surface area contributed by atoms with Gasteiger partial charge >= 0.3 is 0 Å². The fraction of sp³-hybridized carbons (Fsp3) is 0.182. The molecule has 76 valence electrons. The largest absolute Gasteiger partial charge is 0.264 e. The molecule has 0 spiro atoms. The second-order valence-corrected chi connectivity index (χ2v) is 3.48. The highest BCUT2D eigenvalue weighted by molar-refractivity contribution is 6.29. The van der Waals surface area contributed by atoms with Crippen molar-refractivity contribution in [3.8, 4) is 11.4 Å². The fourth-order valence-electron chi connectivity index (χ4n) is 1.39. The Labute approximate surface area is 93.2 Å². The summed E-state index contributed by atoms with van der Waals surface area (Å²) >= 11 is 5.82. The van der Waals surface area contributed by atoms with E-state index >= 15 is 0 Å². The van der Waals surface area contributed by atoms with Crippen molar-refractivity contribution in [2.75, 3.05) is 0 Å². The summed E-state index contributed by atoms with van der Waals surface area (Å²) in [5.41, 5.74) is 2.12. The number of aryl methyl sites for hydroxylation is 1. The molecule has 2 aromatic heterocycles. The average molecular weight is 220 g/mol. The van der Waals surface area contributed by atoms with E-state index in [1.54, 1.807) is 18.5 Å². The predicted molar refractivity (Wildman–Crippen MR) is 59.7 cm³/mol. The lowest BCUT2D eigenvalue weighted by Gasteiger charge is -2.04. The highest BCUT2D eigenvalue weighted by Gasteiger charge is 2.06. The van der Waals surface area contributed by atoms with Gasteiger partial charge in [0.25, 0.3) is 0 Å². The van der Waals surface area contributed by atoms with Gasteiger partial charge in [0.15, 0.2) is 5.82 Å². The Kier molecular flexibility index (Phi) is 2.92. The van der Waals surface area contributed by atoms with Crippen molar-refractivity contribution in [1.82, 2.24) is 15.0 Å². The number of halogens is 1. The molecule has 2 rings (SSSR count). The van der Waals surface area contributed by atoms with Crippen LogP contribution in [0.3, 0.4) is 0 Å². The molecule has 0 fully saturated rings. The Hall–Kier alpha value is -1.48. The summed E-state index contributed by atoms with van der Waals surface area (Å²) in [7, 11) is 0. The zero-order chi connectivity index (χ0) is 10.7. The minimum atomic E-state index is 0.457. The molecule has 0 saturated heterocycles. The van der Waals surface area contributed by atoms with Gasteiger partial charge < -0.3 is 0 Å². The molecule has 2 aromatic rings. The summed E-state index contributed by atoms with van der Waals surface area (Å²) in [5, 5.41) is 0.457. The first-order chi connectivity index (χ1) is 7.31. The van der Waals surface area contributed by atoms with Crippen molar-refractivity contribution in [1.29, 1.82) is 0 Å². The first-order valence-corrected chi connectivity index (χ1v) is 5.11. The predicted octanol–water partition coefficient (Wildman–Crippen LogP) is 2.75. The number of pyridine rings is 1. The van der Waals surface area contributed by atoms with Gasteiger partial charge in [-0.05, 0) is 24.1 Å². The zero-order valence-electron chi connectivity index (χ0n) is 8.31. The third-order valence-corrected chi connectivity index (χ3v) is 2.36. The summed E-state index contributed by atoms with van der Waals surface area (Å²) in [6, 6.07) is 3.57. The second-order valence-electron chi connectivity index (χ2n) is 3.09. The summed E-state index contributed by atoms with van der Waals surface area (Å²) < 4.78 is 0. The maximum absolute atomic E-state index is 5.82. The van der Waals surface area contributed by atoms with E-state index in [9.17, 15) is 0 Å². The summed E-state index contributed by atoms with van der Waals surface area (Å²) in [6.45, 7) is 2.07. The topological polar surface area (TPSA) is 38.7 Å². The summed E-state index contributed by atoms with van der Waals surface area (Å²) in [6.07, 6.45) is 6.13. The molecule has 0 aromatic carbocycles. The molecular weight excluding hydrogens is 210 g/mol. The molecule has 0 aliphatic rings. The lowest BCUT2D eigenvalue weighted by Crippen LogP contribution is -1.94. The first kappa shape index (κ1) is 10.1. The molecule has 0 unspecified atom stereocenters. The number of nitrogens with zero attached hydrogens (tertiary/aromatic N) is 3. The molecule has 0 aliphatic heterocycles. The molecule has 0 atom stereocenters. The molecule has 0 saturated carbocycles. The molecule has 15 heavy (non-hydrogen) atoms. The quantitative estimate of drug-likeness (QED) is 0.729. The normalized spacial score (nSPS) is 10.3.